The van der Waals surface area contributed by atoms with Gasteiger partial charge in [-0.15, -0.1) is 0 Å². The predicted molar refractivity (Wildman–Crippen MR) is 103 cm³/mol. The molecule has 8 heteroatoms. The summed E-state index contributed by atoms with van der Waals surface area (Å²) in [4.78, 5) is 22.2. The van der Waals surface area contributed by atoms with E-state index in [1.807, 2.05) is 0 Å². The van der Waals surface area contributed by atoms with Crippen LogP contribution in [0.2, 0.25) is 20.1 Å². The monoisotopic (exact) mass is 434 g/mol. The molecule has 0 spiro atoms. The van der Waals surface area contributed by atoms with Gasteiger partial charge in [0.25, 0.3) is 0 Å². The van der Waals surface area contributed by atoms with Gasteiger partial charge in [0.1, 0.15) is 5.75 Å². The highest BCUT2D eigenvalue weighted by atomic mass is 35.5. The molecule has 0 saturated heterocycles. The van der Waals surface area contributed by atoms with E-state index in [4.69, 9.17) is 55.9 Å². The summed E-state index contributed by atoms with van der Waals surface area (Å²) in [7, 11) is 0. The molecule has 0 radical (unpaired) electrons. The SMILES string of the molecule is CC(=O)Oc1ccc(CCc2c(Cl)cc(Cl)c(OC(C)=O)c2Cl)cc1Cl. The van der Waals surface area contributed by atoms with Crippen molar-refractivity contribution >= 4 is 58.3 Å². The molecule has 0 aliphatic rings. The lowest BCUT2D eigenvalue weighted by Crippen LogP contribution is -2.05. The minimum absolute atomic E-state index is 0.0865. The van der Waals surface area contributed by atoms with E-state index in [0.29, 0.717) is 34.2 Å². The summed E-state index contributed by atoms with van der Waals surface area (Å²) >= 11 is 24.7. The average Bonchev–Trinajstić information content (AvgIpc) is 2.53. The molecule has 26 heavy (non-hydrogen) atoms. The first-order valence-electron chi connectivity index (χ1n) is 7.50. The van der Waals surface area contributed by atoms with E-state index in [-0.39, 0.29) is 15.8 Å². The Bertz CT molecular complexity index is 865. The Morgan fingerprint density at radius 1 is 0.846 bits per heavy atom. The van der Waals surface area contributed by atoms with Crippen LogP contribution in [0.4, 0.5) is 0 Å². The molecule has 0 fully saturated rings. The zero-order valence-corrected chi connectivity index (χ0v) is 16.9. The molecule has 2 aromatic carbocycles. The third-order valence-electron chi connectivity index (χ3n) is 3.38. The first-order chi connectivity index (χ1) is 12.2. The van der Waals surface area contributed by atoms with Gasteiger partial charge in [0, 0.05) is 18.9 Å². The van der Waals surface area contributed by atoms with Gasteiger partial charge in [-0.3, -0.25) is 9.59 Å². The number of rotatable bonds is 5. The van der Waals surface area contributed by atoms with Gasteiger partial charge in [0.2, 0.25) is 0 Å². The van der Waals surface area contributed by atoms with Crippen molar-refractivity contribution in [1.82, 2.24) is 0 Å². The van der Waals surface area contributed by atoms with Crippen LogP contribution >= 0.6 is 46.4 Å². The molecule has 0 saturated carbocycles. The van der Waals surface area contributed by atoms with Crippen molar-refractivity contribution in [3.05, 3.63) is 55.5 Å². The van der Waals surface area contributed by atoms with Crippen LogP contribution in [0.15, 0.2) is 24.3 Å². The molecule has 4 nitrogen and oxygen atoms in total. The second-order valence-electron chi connectivity index (χ2n) is 5.41. The third-order valence-corrected chi connectivity index (χ3v) is 4.70. The van der Waals surface area contributed by atoms with Crippen molar-refractivity contribution in [3.63, 3.8) is 0 Å². The van der Waals surface area contributed by atoms with E-state index in [9.17, 15) is 9.59 Å². The van der Waals surface area contributed by atoms with Crippen molar-refractivity contribution in [2.45, 2.75) is 26.7 Å². The number of benzene rings is 2. The van der Waals surface area contributed by atoms with E-state index in [2.05, 4.69) is 0 Å². The van der Waals surface area contributed by atoms with Gasteiger partial charge in [-0.1, -0.05) is 52.5 Å². The van der Waals surface area contributed by atoms with Crippen molar-refractivity contribution in [2.75, 3.05) is 0 Å². The Morgan fingerprint density at radius 2 is 1.50 bits per heavy atom. The lowest BCUT2D eigenvalue weighted by molar-refractivity contribution is -0.132. The van der Waals surface area contributed by atoms with Crippen molar-refractivity contribution in [1.29, 1.82) is 0 Å². The molecule has 2 rings (SSSR count). The number of ether oxygens (including phenoxy) is 2. The maximum absolute atomic E-state index is 11.2. The molecule has 0 unspecified atom stereocenters. The smallest absolute Gasteiger partial charge is 0.308 e. The fourth-order valence-electron chi connectivity index (χ4n) is 2.28. The summed E-state index contributed by atoms with van der Waals surface area (Å²) in [6, 6.07) is 6.59. The molecule has 0 amide bonds. The van der Waals surface area contributed by atoms with Crippen molar-refractivity contribution in [2.24, 2.45) is 0 Å². The molecule has 0 N–H and O–H groups in total. The molecule has 0 heterocycles. The largest absolute Gasteiger partial charge is 0.425 e. The van der Waals surface area contributed by atoms with Gasteiger partial charge < -0.3 is 9.47 Å². The first-order valence-corrected chi connectivity index (χ1v) is 9.02. The Morgan fingerprint density at radius 3 is 2.08 bits per heavy atom. The van der Waals surface area contributed by atoms with Crippen LogP contribution < -0.4 is 9.47 Å². The summed E-state index contributed by atoms with van der Waals surface area (Å²) in [5.41, 5.74) is 1.50. The molecule has 2 aromatic rings. The number of hydrogen-bond acceptors (Lipinski definition) is 4. The van der Waals surface area contributed by atoms with Crippen LogP contribution in [0, 0.1) is 0 Å². The Kier molecular flexibility index (Phi) is 7.18. The molecule has 0 aromatic heterocycles. The lowest BCUT2D eigenvalue weighted by Gasteiger charge is -2.13. The number of carbonyl (C=O) groups excluding carboxylic acids is 2. The van der Waals surface area contributed by atoms with Crippen LogP contribution in [0.5, 0.6) is 11.5 Å². The Hall–Kier alpha value is -1.46. The van der Waals surface area contributed by atoms with E-state index in [1.165, 1.54) is 19.9 Å². The van der Waals surface area contributed by atoms with E-state index in [1.54, 1.807) is 18.2 Å². The minimum Gasteiger partial charge on any atom is -0.425 e. The predicted octanol–water partition coefficient (Wildman–Crippen LogP) is 5.94. The van der Waals surface area contributed by atoms with E-state index in [0.717, 1.165) is 5.56 Å². The van der Waals surface area contributed by atoms with Gasteiger partial charge in [-0.25, -0.2) is 0 Å². The van der Waals surface area contributed by atoms with Gasteiger partial charge in [-0.2, -0.15) is 0 Å². The maximum atomic E-state index is 11.2. The molecule has 0 aliphatic heterocycles. The summed E-state index contributed by atoms with van der Waals surface area (Å²) in [5, 5.41) is 1.05. The molecule has 0 aliphatic carbocycles. The average molecular weight is 436 g/mol. The molecule has 0 bridgehead atoms. The summed E-state index contributed by atoms with van der Waals surface area (Å²) in [5.74, 6) is -0.599. The number of halogens is 4. The van der Waals surface area contributed by atoms with Crippen molar-refractivity contribution in [3.8, 4) is 11.5 Å². The highest BCUT2D eigenvalue weighted by Gasteiger charge is 2.18. The molecular formula is C18H14Cl4O4. The Balaban J connectivity index is 2.23. The minimum atomic E-state index is -0.532. The van der Waals surface area contributed by atoms with E-state index >= 15 is 0 Å². The lowest BCUT2D eigenvalue weighted by atomic mass is 10.0. The zero-order chi connectivity index (χ0) is 19.4. The molecule has 0 atom stereocenters. The van der Waals surface area contributed by atoms with Crippen LogP contribution in [0.25, 0.3) is 0 Å². The molecular weight excluding hydrogens is 422 g/mol. The second-order valence-corrected chi connectivity index (χ2v) is 7.01. The van der Waals surface area contributed by atoms with Gasteiger partial charge in [-0.05, 0) is 42.2 Å². The van der Waals surface area contributed by atoms with Gasteiger partial charge >= 0.3 is 11.9 Å². The normalized spacial score (nSPS) is 10.5. The number of hydrogen-bond donors (Lipinski definition) is 0. The fourth-order valence-corrected chi connectivity index (χ4v) is 3.56. The summed E-state index contributed by atoms with van der Waals surface area (Å²) in [6.45, 7) is 2.56. The summed E-state index contributed by atoms with van der Waals surface area (Å²) < 4.78 is 10.1. The topological polar surface area (TPSA) is 52.6 Å². The maximum Gasteiger partial charge on any atom is 0.308 e. The van der Waals surface area contributed by atoms with Crippen molar-refractivity contribution < 1.29 is 19.1 Å². The van der Waals surface area contributed by atoms with Gasteiger partial charge in [0.15, 0.2) is 5.75 Å². The summed E-state index contributed by atoms with van der Waals surface area (Å²) in [6.07, 6.45) is 1.02. The quantitative estimate of drug-likeness (QED) is 0.431. The fraction of sp³-hybridized carbons (Fsp3) is 0.222. The second kappa shape index (κ2) is 8.96. The standard InChI is InChI=1S/C18H14Cl4O4/c1-9(23)25-16-6-4-11(7-14(16)20)3-5-12-13(19)8-15(21)18(17(12)22)26-10(2)24/h4,6-8H,3,5H2,1-2H3. The zero-order valence-electron chi connectivity index (χ0n) is 13.9. The number of carbonyl (C=O) groups is 2. The highest BCUT2D eigenvalue weighted by Crippen LogP contribution is 2.40. The highest BCUT2D eigenvalue weighted by molar-refractivity contribution is 6.41. The number of esters is 2. The van der Waals surface area contributed by atoms with Gasteiger partial charge in [0.05, 0.1) is 15.1 Å². The molecule has 138 valence electrons. The van der Waals surface area contributed by atoms with Crippen LogP contribution in [0.3, 0.4) is 0 Å². The van der Waals surface area contributed by atoms with Crippen LogP contribution in [0.1, 0.15) is 25.0 Å². The third kappa shape index (κ3) is 5.27. The Labute approximate surface area is 170 Å². The van der Waals surface area contributed by atoms with Crippen LogP contribution in [-0.2, 0) is 22.4 Å². The number of aryl methyl sites for hydroxylation is 1. The van der Waals surface area contributed by atoms with Crippen LogP contribution in [-0.4, -0.2) is 11.9 Å². The van der Waals surface area contributed by atoms with E-state index < -0.39 is 11.9 Å². The first kappa shape index (κ1) is 20.8.